The number of anilines is 1. The number of carbonyl (C=O) groups excluding carboxylic acids is 1. The van der Waals surface area contributed by atoms with Crippen LogP contribution >= 0.6 is 0 Å². The number of carbonyl (C=O) groups is 1. The Morgan fingerprint density at radius 2 is 1.86 bits per heavy atom. The lowest BCUT2D eigenvalue weighted by atomic mass is 10.1. The molecule has 22 heavy (non-hydrogen) atoms. The summed E-state index contributed by atoms with van der Waals surface area (Å²) in [6, 6.07) is 6.38. The van der Waals surface area contributed by atoms with Gasteiger partial charge in [0, 0.05) is 38.9 Å². The van der Waals surface area contributed by atoms with E-state index in [1.165, 1.54) is 27.8 Å². The lowest BCUT2D eigenvalue weighted by Crippen LogP contribution is -2.49. The minimum absolute atomic E-state index is 0.0336. The van der Waals surface area contributed by atoms with Crippen LogP contribution in [0.1, 0.15) is 21.6 Å². The van der Waals surface area contributed by atoms with Gasteiger partial charge in [0.25, 0.3) is 5.91 Å². The van der Waals surface area contributed by atoms with E-state index in [2.05, 4.69) is 47.1 Å². The van der Waals surface area contributed by atoms with Crippen LogP contribution in [-0.4, -0.2) is 52.0 Å². The number of hydrogen-bond acceptors (Lipinski definition) is 4. The highest BCUT2D eigenvalue weighted by Crippen LogP contribution is 2.24. The van der Waals surface area contributed by atoms with Crippen molar-refractivity contribution in [3.05, 3.63) is 41.2 Å². The lowest BCUT2D eigenvalue weighted by molar-refractivity contribution is 0.0740. The van der Waals surface area contributed by atoms with E-state index < -0.39 is 0 Å². The first kappa shape index (κ1) is 14.6. The first-order valence-electron chi connectivity index (χ1n) is 7.53. The summed E-state index contributed by atoms with van der Waals surface area (Å²) in [7, 11) is 1.72. The highest BCUT2D eigenvalue weighted by Gasteiger charge is 2.24. The van der Waals surface area contributed by atoms with Gasteiger partial charge in [-0.25, -0.2) is 0 Å². The van der Waals surface area contributed by atoms with E-state index in [4.69, 9.17) is 0 Å². The molecule has 1 aliphatic heterocycles. The Hall–Kier alpha value is -2.37. The fraction of sp³-hybridized carbons (Fsp3) is 0.438. The fourth-order valence-corrected chi connectivity index (χ4v) is 2.83. The Kier molecular flexibility index (Phi) is 3.83. The molecule has 3 rings (SSSR count). The Morgan fingerprint density at radius 3 is 2.50 bits per heavy atom. The summed E-state index contributed by atoms with van der Waals surface area (Å²) < 4.78 is 0. The van der Waals surface area contributed by atoms with E-state index in [1.54, 1.807) is 7.05 Å². The van der Waals surface area contributed by atoms with Crippen LogP contribution in [0.4, 0.5) is 5.69 Å². The second kappa shape index (κ2) is 5.79. The molecule has 0 saturated carbocycles. The fourth-order valence-electron chi connectivity index (χ4n) is 2.83. The Labute approximate surface area is 130 Å². The number of nitrogens with zero attached hydrogens (tertiary/aromatic N) is 5. The van der Waals surface area contributed by atoms with Gasteiger partial charge in [0.2, 0.25) is 0 Å². The summed E-state index contributed by atoms with van der Waals surface area (Å²) in [6.45, 7) is 7.40. The van der Waals surface area contributed by atoms with E-state index >= 15 is 0 Å². The maximum Gasteiger partial charge on any atom is 0.276 e. The first-order chi connectivity index (χ1) is 10.6. The van der Waals surface area contributed by atoms with Crippen molar-refractivity contribution in [2.45, 2.75) is 13.8 Å². The molecule has 0 atom stereocenters. The summed E-state index contributed by atoms with van der Waals surface area (Å²) in [6.07, 6.45) is 1.53. The van der Waals surface area contributed by atoms with E-state index in [-0.39, 0.29) is 5.91 Å². The highest BCUT2D eigenvalue weighted by molar-refractivity contribution is 5.92. The van der Waals surface area contributed by atoms with Crippen molar-refractivity contribution in [3.63, 3.8) is 0 Å². The van der Waals surface area contributed by atoms with Crippen molar-refractivity contribution >= 4 is 11.6 Å². The van der Waals surface area contributed by atoms with Crippen LogP contribution in [0.25, 0.3) is 0 Å². The monoisotopic (exact) mass is 299 g/mol. The van der Waals surface area contributed by atoms with Gasteiger partial charge in [0.05, 0.1) is 6.20 Å². The summed E-state index contributed by atoms with van der Waals surface area (Å²) in [4.78, 5) is 18.0. The van der Waals surface area contributed by atoms with Crippen LogP contribution in [0.3, 0.4) is 0 Å². The van der Waals surface area contributed by atoms with Gasteiger partial charge in [-0.05, 0) is 31.0 Å². The van der Waals surface area contributed by atoms with Gasteiger partial charge in [-0.2, -0.15) is 9.90 Å². The number of benzene rings is 1. The third-order valence-electron chi connectivity index (χ3n) is 4.30. The molecule has 1 aliphatic rings. The predicted molar refractivity (Wildman–Crippen MR) is 85.0 cm³/mol. The third-order valence-corrected chi connectivity index (χ3v) is 4.30. The van der Waals surface area contributed by atoms with Crippen molar-refractivity contribution in [1.29, 1.82) is 0 Å². The Morgan fingerprint density at radius 1 is 1.14 bits per heavy atom. The lowest BCUT2D eigenvalue weighted by Gasteiger charge is -2.36. The normalized spacial score (nSPS) is 15.2. The predicted octanol–water partition coefficient (Wildman–Crippen LogP) is 1.39. The molecule has 6 nitrogen and oxygen atoms in total. The number of aryl methyl sites for hydroxylation is 2. The van der Waals surface area contributed by atoms with Crippen molar-refractivity contribution < 1.29 is 4.79 Å². The molecule has 0 N–H and O–H groups in total. The molecule has 1 saturated heterocycles. The Balaban J connectivity index is 1.67. The molecule has 0 bridgehead atoms. The molecule has 1 amide bonds. The summed E-state index contributed by atoms with van der Waals surface area (Å²) in [5.74, 6) is -0.0336. The summed E-state index contributed by atoms with van der Waals surface area (Å²) >= 11 is 0. The molecule has 1 aromatic heterocycles. The molecule has 0 radical (unpaired) electrons. The van der Waals surface area contributed by atoms with Gasteiger partial charge >= 0.3 is 0 Å². The van der Waals surface area contributed by atoms with Crippen molar-refractivity contribution in [2.24, 2.45) is 7.05 Å². The van der Waals surface area contributed by atoms with Gasteiger partial charge in [-0.15, -0.1) is 5.10 Å². The number of piperazine rings is 1. The van der Waals surface area contributed by atoms with Crippen LogP contribution < -0.4 is 4.90 Å². The third kappa shape index (κ3) is 2.68. The standard InChI is InChI=1S/C16H21N5O/c1-12-5-4-6-15(13(12)2)20-7-9-21(10-8-20)16(22)14-11-17-19(3)18-14/h4-6,11H,7-10H2,1-3H3. The first-order valence-corrected chi connectivity index (χ1v) is 7.53. The second-order valence-electron chi connectivity index (χ2n) is 5.72. The highest BCUT2D eigenvalue weighted by atomic mass is 16.2. The summed E-state index contributed by atoms with van der Waals surface area (Å²) in [5, 5.41) is 8.05. The van der Waals surface area contributed by atoms with E-state index in [0.717, 1.165) is 13.1 Å². The van der Waals surface area contributed by atoms with E-state index in [9.17, 15) is 4.79 Å². The van der Waals surface area contributed by atoms with Gasteiger partial charge < -0.3 is 9.80 Å². The number of rotatable bonds is 2. The van der Waals surface area contributed by atoms with Crippen molar-refractivity contribution in [1.82, 2.24) is 19.9 Å². The zero-order valence-electron chi connectivity index (χ0n) is 13.3. The number of amides is 1. The van der Waals surface area contributed by atoms with Crippen molar-refractivity contribution in [2.75, 3.05) is 31.1 Å². The molecule has 6 heteroatoms. The van der Waals surface area contributed by atoms with Gasteiger partial charge in [-0.1, -0.05) is 12.1 Å². The second-order valence-corrected chi connectivity index (χ2v) is 5.72. The maximum atomic E-state index is 12.4. The van der Waals surface area contributed by atoms with Crippen LogP contribution in [0.5, 0.6) is 0 Å². The molecular formula is C16H21N5O. The smallest absolute Gasteiger partial charge is 0.276 e. The molecule has 2 heterocycles. The average molecular weight is 299 g/mol. The minimum Gasteiger partial charge on any atom is -0.368 e. The van der Waals surface area contributed by atoms with Gasteiger partial charge in [0.15, 0.2) is 5.69 Å². The molecule has 116 valence electrons. The van der Waals surface area contributed by atoms with E-state index in [0.29, 0.717) is 18.8 Å². The number of aromatic nitrogens is 3. The average Bonchev–Trinajstić information content (AvgIpc) is 2.96. The quantitative estimate of drug-likeness (QED) is 0.841. The van der Waals surface area contributed by atoms with E-state index in [1.807, 2.05) is 4.90 Å². The van der Waals surface area contributed by atoms with Gasteiger partial charge in [-0.3, -0.25) is 4.79 Å². The topological polar surface area (TPSA) is 54.3 Å². The Bertz CT molecular complexity index is 686. The molecule has 1 fully saturated rings. The zero-order chi connectivity index (χ0) is 15.7. The maximum absolute atomic E-state index is 12.4. The van der Waals surface area contributed by atoms with Crippen LogP contribution in [0, 0.1) is 13.8 Å². The molecular weight excluding hydrogens is 278 g/mol. The van der Waals surface area contributed by atoms with Crippen LogP contribution in [-0.2, 0) is 7.05 Å². The molecule has 0 unspecified atom stereocenters. The number of hydrogen-bond donors (Lipinski definition) is 0. The van der Waals surface area contributed by atoms with Crippen molar-refractivity contribution in [3.8, 4) is 0 Å². The zero-order valence-corrected chi connectivity index (χ0v) is 13.3. The largest absolute Gasteiger partial charge is 0.368 e. The minimum atomic E-state index is -0.0336. The van der Waals surface area contributed by atoms with Crippen LogP contribution in [0.15, 0.2) is 24.4 Å². The summed E-state index contributed by atoms with van der Waals surface area (Å²) in [5.41, 5.74) is 4.31. The SMILES string of the molecule is Cc1cccc(N2CCN(C(=O)c3cnn(C)n3)CC2)c1C. The molecule has 1 aromatic carbocycles. The van der Waals surface area contributed by atoms with Gasteiger partial charge in [0.1, 0.15) is 0 Å². The molecule has 0 spiro atoms. The molecule has 2 aromatic rings. The molecule has 0 aliphatic carbocycles. The van der Waals surface area contributed by atoms with Crippen LogP contribution in [0.2, 0.25) is 0 Å².